The van der Waals surface area contributed by atoms with Gasteiger partial charge in [0, 0.05) is 12.7 Å². The molecule has 1 aromatic rings. The highest BCUT2D eigenvalue weighted by molar-refractivity contribution is 5.41. The molecule has 0 aromatic carbocycles. The summed E-state index contributed by atoms with van der Waals surface area (Å²) in [7, 11) is 0. The predicted molar refractivity (Wildman–Crippen MR) is 73.4 cm³/mol. The van der Waals surface area contributed by atoms with Crippen LogP contribution >= 0.6 is 0 Å². The highest BCUT2D eigenvalue weighted by atomic mass is 19.1. The van der Waals surface area contributed by atoms with Crippen LogP contribution in [0.4, 0.5) is 10.2 Å². The fourth-order valence-electron chi connectivity index (χ4n) is 1.62. The van der Waals surface area contributed by atoms with E-state index in [0.29, 0.717) is 13.0 Å². The predicted octanol–water partition coefficient (Wildman–Crippen LogP) is 3.99. The zero-order valence-corrected chi connectivity index (χ0v) is 11.7. The summed E-state index contributed by atoms with van der Waals surface area (Å²) < 4.78 is 12.9. The molecule has 0 saturated carbocycles. The molecule has 0 radical (unpaired) electrons. The van der Waals surface area contributed by atoms with Crippen LogP contribution in [0.25, 0.3) is 0 Å². The Morgan fingerprint density at radius 3 is 2.41 bits per heavy atom. The highest BCUT2D eigenvalue weighted by Gasteiger charge is 2.22. The van der Waals surface area contributed by atoms with Gasteiger partial charge in [-0.25, -0.2) is 9.37 Å². The molecule has 2 heterocycles. The third-order valence-corrected chi connectivity index (χ3v) is 2.36. The number of aromatic nitrogens is 1. The van der Waals surface area contributed by atoms with E-state index in [0.717, 1.165) is 12.4 Å². The molecule has 0 spiro atoms. The molecular weight excluding hydrogens is 215 g/mol. The van der Waals surface area contributed by atoms with Gasteiger partial charge in [-0.3, -0.25) is 0 Å². The van der Waals surface area contributed by atoms with E-state index in [2.05, 4.69) is 4.98 Å². The maximum Gasteiger partial charge on any atom is 0.128 e. The number of anilines is 1. The third-order valence-electron chi connectivity index (χ3n) is 2.36. The Labute approximate surface area is 105 Å². The highest BCUT2D eigenvalue weighted by Crippen LogP contribution is 2.19. The first-order valence-corrected chi connectivity index (χ1v) is 6.57. The van der Waals surface area contributed by atoms with Crippen LogP contribution in [0.2, 0.25) is 0 Å². The molecule has 2 nitrogen and oxygen atoms in total. The standard InChI is InChI=1S/C10H13FN2.2C2H6/c1-8-2-4-12-10(6-8)13-5-3-9(11)7-13;2*1-2/h2,4,6,9H,3,5,7H2,1H3;2*1-2H3. The van der Waals surface area contributed by atoms with Crippen molar-refractivity contribution < 1.29 is 4.39 Å². The van der Waals surface area contributed by atoms with E-state index in [1.165, 1.54) is 5.56 Å². The largest absolute Gasteiger partial charge is 0.354 e. The number of hydrogen-bond donors (Lipinski definition) is 0. The molecule has 98 valence electrons. The van der Waals surface area contributed by atoms with Gasteiger partial charge in [0.1, 0.15) is 12.0 Å². The van der Waals surface area contributed by atoms with Crippen molar-refractivity contribution in [1.82, 2.24) is 4.98 Å². The minimum absolute atomic E-state index is 0.496. The monoisotopic (exact) mass is 240 g/mol. The number of rotatable bonds is 1. The fourth-order valence-corrected chi connectivity index (χ4v) is 1.62. The summed E-state index contributed by atoms with van der Waals surface area (Å²) in [5.74, 6) is 0.903. The summed E-state index contributed by atoms with van der Waals surface area (Å²) in [6.07, 6.45) is 1.73. The van der Waals surface area contributed by atoms with Crippen molar-refractivity contribution in [2.75, 3.05) is 18.0 Å². The van der Waals surface area contributed by atoms with E-state index >= 15 is 0 Å². The molecule has 1 aliphatic heterocycles. The molecule has 1 fully saturated rings. The third kappa shape index (κ3) is 5.16. The van der Waals surface area contributed by atoms with Gasteiger partial charge in [-0.2, -0.15) is 0 Å². The smallest absolute Gasteiger partial charge is 0.128 e. The Balaban J connectivity index is 0.000000581. The van der Waals surface area contributed by atoms with E-state index in [-0.39, 0.29) is 0 Å². The number of halogens is 1. The molecular formula is C14H25FN2. The Morgan fingerprint density at radius 1 is 1.29 bits per heavy atom. The zero-order valence-electron chi connectivity index (χ0n) is 11.7. The lowest BCUT2D eigenvalue weighted by Gasteiger charge is -2.16. The lowest BCUT2D eigenvalue weighted by atomic mass is 10.3. The van der Waals surface area contributed by atoms with E-state index in [9.17, 15) is 4.39 Å². The van der Waals surface area contributed by atoms with Gasteiger partial charge in [-0.15, -0.1) is 0 Å². The number of pyridine rings is 1. The van der Waals surface area contributed by atoms with Crippen LogP contribution in [0.3, 0.4) is 0 Å². The van der Waals surface area contributed by atoms with Crippen molar-refractivity contribution in [3.63, 3.8) is 0 Å². The Kier molecular flexibility index (Phi) is 8.38. The van der Waals surface area contributed by atoms with Gasteiger partial charge in [0.05, 0.1) is 6.54 Å². The van der Waals surface area contributed by atoms with Gasteiger partial charge >= 0.3 is 0 Å². The quantitative estimate of drug-likeness (QED) is 0.738. The molecule has 1 atom stereocenters. The van der Waals surface area contributed by atoms with Crippen molar-refractivity contribution in [3.8, 4) is 0 Å². The summed E-state index contributed by atoms with van der Waals surface area (Å²) in [5, 5.41) is 0. The van der Waals surface area contributed by atoms with Crippen molar-refractivity contribution >= 4 is 5.82 Å². The van der Waals surface area contributed by atoms with Crippen LogP contribution in [0.15, 0.2) is 18.3 Å². The second kappa shape index (κ2) is 8.97. The zero-order chi connectivity index (χ0) is 13.3. The molecule has 1 unspecified atom stereocenters. The van der Waals surface area contributed by atoms with Crippen LogP contribution in [0, 0.1) is 6.92 Å². The molecule has 3 heteroatoms. The number of hydrogen-bond acceptors (Lipinski definition) is 2. The number of nitrogens with zero attached hydrogens (tertiary/aromatic N) is 2. The van der Waals surface area contributed by atoms with Crippen LogP contribution in [0.1, 0.15) is 39.7 Å². The molecule has 0 N–H and O–H groups in total. The Bertz CT molecular complexity index is 302. The summed E-state index contributed by atoms with van der Waals surface area (Å²) in [6.45, 7) is 11.3. The minimum Gasteiger partial charge on any atom is -0.354 e. The SMILES string of the molecule is CC.CC.Cc1ccnc(N2CCC(F)C2)c1. The molecule has 1 aromatic heterocycles. The molecule has 0 bridgehead atoms. The summed E-state index contributed by atoms with van der Waals surface area (Å²) in [5.41, 5.74) is 1.17. The molecule has 0 aliphatic carbocycles. The summed E-state index contributed by atoms with van der Waals surface area (Å²) >= 11 is 0. The molecule has 1 aliphatic rings. The van der Waals surface area contributed by atoms with Crippen molar-refractivity contribution in [3.05, 3.63) is 23.9 Å². The average molecular weight is 240 g/mol. The van der Waals surface area contributed by atoms with E-state index < -0.39 is 6.17 Å². The van der Waals surface area contributed by atoms with Crippen LogP contribution in [-0.4, -0.2) is 24.2 Å². The maximum atomic E-state index is 12.9. The first kappa shape index (κ1) is 15.9. The van der Waals surface area contributed by atoms with Gasteiger partial charge in [-0.05, 0) is 31.0 Å². The average Bonchev–Trinajstić information content (AvgIpc) is 2.81. The van der Waals surface area contributed by atoms with Crippen LogP contribution < -0.4 is 4.90 Å². The van der Waals surface area contributed by atoms with Gasteiger partial charge in [0.15, 0.2) is 0 Å². The van der Waals surface area contributed by atoms with Crippen molar-refractivity contribution in [1.29, 1.82) is 0 Å². The van der Waals surface area contributed by atoms with Crippen molar-refractivity contribution in [2.45, 2.75) is 47.2 Å². The number of alkyl halides is 1. The van der Waals surface area contributed by atoms with E-state index in [4.69, 9.17) is 0 Å². The Hall–Kier alpha value is -1.12. The van der Waals surface area contributed by atoms with Gasteiger partial charge in [0.25, 0.3) is 0 Å². The molecule has 1 saturated heterocycles. The van der Waals surface area contributed by atoms with E-state index in [1.807, 2.05) is 51.7 Å². The second-order valence-electron chi connectivity index (χ2n) is 3.52. The van der Waals surface area contributed by atoms with Gasteiger partial charge in [0.2, 0.25) is 0 Å². The first-order valence-electron chi connectivity index (χ1n) is 6.57. The minimum atomic E-state index is -0.678. The fraction of sp³-hybridized carbons (Fsp3) is 0.643. The van der Waals surface area contributed by atoms with Crippen LogP contribution in [0.5, 0.6) is 0 Å². The Morgan fingerprint density at radius 2 is 1.94 bits per heavy atom. The van der Waals surface area contributed by atoms with Gasteiger partial charge < -0.3 is 4.90 Å². The normalized spacial score (nSPS) is 17.8. The summed E-state index contributed by atoms with van der Waals surface area (Å²) in [6, 6.07) is 3.95. The van der Waals surface area contributed by atoms with Crippen molar-refractivity contribution in [2.24, 2.45) is 0 Å². The number of aryl methyl sites for hydroxylation is 1. The molecule has 17 heavy (non-hydrogen) atoms. The lowest BCUT2D eigenvalue weighted by Crippen LogP contribution is -2.20. The second-order valence-corrected chi connectivity index (χ2v) is 3.52. The van der Waals surface area contributed by atoms with Gasteiger partial charge in [-0.1, -0.05) is 27.7 Å². The molecule has 2 rings (SSSR count). The van der Waals surface area contributed by atoms with Crippen LogP contribution in [-0.2, 0) is 0 Å². The maximum absolute atomic E-state index is 12.9. The summed E-state index contributed by atoms with van der Waals surface area (Å²) in [4.78, 5) is 6.21. The topological polar surface area (TPSA) is 16.1 Å². The molecule has 0 amide bonds. The first-order chi connectivity index (χ1) is 8.25. The lowest BCUT2D eigenvalue weighted by molar-refractivity contribution is 0.364. The van der Waals surface area contributed by atoms with E-state index in [1.54, 1.807) is 6.20 Å².